The predicted octanol–water partition coefficient (Wildman–Crippen LogP) is 3.84. The van der Waals surface area contributed by atoms with Gasteiger partial charge < -0.3 is 4.57 Å². The van der Waals surface area contributed by atoms with Crippen molar-refractivity contribution < 1.29 is 0 Å². The number of imidazole rings is 1. The van der Waals surface area contributed by atoms with E-state index < -0.39 is 0 Å². The molecule has 0 unspecified atom stereocenters. The third-order valence-corrected chi connectivity index (χ3v) is 4.93. The van der Waals surface area contributed by atoms with Gasteiger partial charge in [0.2, 0.25) is 0 Å². The molecular formula is C18H15BrN6. The predicted molar refractivity (Wildman–Crippen MR) is 98.1 cm³/mol. The highest BCUT2D eigenvalue weighted by Gasteiger charge is 2.29. The largest absolute Gasteiger partial charge is 0.321 e. The summed E-state index contributed by atoms with van der Waals surface area (Å²) in [5.74, 6) is 0.989. The smallest absolute Gasteiger partial charge is 0.142 e. The molecule has 0 aliphatic heterocycles. The van der Waals surface area contributed by atoms with Crippen LogP contribution in [0, 0.1) is 0 Å². The molecule has 124 valence electrons. The molecule has 0 spiro atoms. The van der Waals surface area contributed by atoms with Gasteiger partial charge in [0, 0.05) is 34.7 Å². The molecule has 1 fully saturated rings. The summed E-state index contributed by atoms with van der Waals surface area (Å²) in [4.78, 5) is 9.32. The fourth-order valence-electron chi connectivity index (χ4n) is 3.17. The van der Waals surface area contributed by atoms with Gasteiger partial charge in [-0.25, -0.2) is 9.67 Å². The number of pyridine rings is 1. The molecule has 1 aromatic carbocycles. The van der Waals surface area contributed by atoms with E-state index in [9.17, 15) is 0 Å². The maximum atomic E-state index is 4.89. The molecule has 0 amide bonds. The van der Waals surface area contributed by atoms with Gasteiger partial charge in [-0.1, -0.05) is 21.1 Å². The summed E-state index contributed by atoms with van der Waals surface area (Å²) >= 11 is 3.58. The first-order valence-corrected chi connectivity index (χ1v) is 9.03. The second-order valence-electron chi connectivity index (χ2n) is 6.35. The zero-order valence-electron chi connectivity index (χ0n) is 13.4. The van der Waals surface area contributed by atoms with Crippen LogP contribution in [0.3, 0.4) is 0 Å². The monoisotopic (exact) mass is 394 g/mol. The highest BCUT2D eigenvalue weighted by atomic mass is 79.9. The van der Waals surface area contributed by atoms with Gasteiger partial charge >= 0.3 is 0 Å². The minimum Gasteiger partial charge on any atom is -0.321 e. The van der Waals surface area contributed by atoms with E-state index in [2.05, 4.69) is 54.0 Å². The third kappa shape index (κ3) is 2.74. The molecule has 0 bridgehead atoms. The van der Waals surface area contributed by atoms with Crippen molar-refractivity contribution in [2.45, 2.75) is 25.4 Å². The van der Waals surface area contributed by atoms with Crippen molar-refractivity contribution in [1.29, 1.82) is 0 Å². The van der Waals surface area contributed by atoms with Crippen LogP contribution in [0.2, 0.25) is 0 Å². The molecule has 0 saturated heterocycles. The SMILES string of the molecule is Brc1ccc2nc(-c3cncc(Cn4ccnn4)c3)n(C3CC3)c2c1. The van der Waals surface area contributed by atoms with Crippen LogP contribution in [-0.2, 0) is 6.54 Å². The maximum absolute atomic E-state index is 4.89. The molecule has 5 rings (SSSR count). The highest BCUT2D eigenvalue weighted by molar-refractivity contribution is 9.10. The standard InChI is InChI=1S/C18H15BrN6/c19-14-1-4-16-17(8-14)25(15-2-3-15)18(22-16)13-7-12(9-20-10-13)11-24-6-5-21-23-24/h1,4-10,15H,2-3,11H2. The number of hydrogen-bond donors (Lipinski definition) is 0. The number of benzene rings is 1. The number of fused-ring (bicyclic) bond motifs is 1. The molecular weight excluding hydrogens is 380 g/mol. The minimum atomic E-state index is 0.535. The molecule has 3 aromatic heterocycles. The van der Waals surface area contributed by atoms with Crippen LogP contribution in [-0.4, -0.2) is 29.5 Å². The first-order chi connectivity index (χ1) is 12.3. The zero-order valence-corrected chi connectivity index (χ0v) is 15.0. The number of rotatable bonds is 4. The Hall–Kier alpha value is -2.54. The van der Waals surface area contributed by atoms with Gasteiger partial charge in [-0.2, -0.15) is 0 Å². The molecule has 0 atom stereocenters. The van der Waals surface area contributed by atoms with E-state index in [1.54, 1.807) is 10.9 Å². The van der Waals surface area contributed by atoms with Crippen LogP contribution < -0.4 is 0 Å². The Balaban J connectivity index is 1.62. The molecule has 1 aliphatic carbocycles. The van der Waals surface area contributed by atoms with Crippen LogP contribution >= 0.6 is 15.9 Å². The lowest BCUT2D eigenvalue weighted by molar-refractivity contribution is 0.648. The van der Waals surface area contributed by atoms with Crippen molar-refractivity contribution in [2.75, 3.05) is 0 Å². The Morgan fingerprint density at radius 3 is 2.88 bits per heavy atom. The summed E-state index contributed by atoms with van der Waals surface area (Å²) in [5.41, 5.74) is 4.32. The van der Waals surface area contributed by atoms with Gasteiger partial charge in [-0.3, -0.25) is 4.98 Å². The Labute approximate surface area is 152 Å². The Morgan fingerprint density at radius 2 is 2.08 bits per heavy atom. The lowest BCUT2D eigenvalue weighted by Gasteiger charge is -2.09. The van der Waals surface area contributed by atoms with E-state index in [4.69, 9.17) is 4.98 Å². The van der Waals surface area contributed by atoms with Crippen molar-refractivity contribution in [3.63, 3.8) is 0 Å². The van der Waals surface area contributed by atoms with Gasteiger partial charge in [0.05, 0.1) is 23.8 Å². The highest BCUT2D eigenvalue weighted by Crippen LogP contribution is 2.41. The van der Waals surface area contributed by atoms with Crippen LogP contribution in [0.5, 0.6) is 0 Å². The Morgan fingerprint density at radius 1 is 1.16 bits per heavy atom. The molecule has 0 radical (unpaired) electrons. The van der Waals surface area contributed by atoms with Crippen molar-refractivity contribution in [3.8, 4) is 11.4 Å². The van der Waals surface area contributed by atoms with Crippen LogP contribution in [0.15, 0.2) is 53.5 Å². The fourth-order valence-corrected chi connectivity index (χ4v) is 3.52. The van der Waals surface area contributed by atoms with Crippen molar-refractivity contribution in [3.05, 3.63) is 59.1 Å². The lowest BCUT2D eigenvalue weighted by Crippen LogP contribution is -2.02. The molecule has 0 N–H and O–H groups in total. The van der Waals surface area contributed by atoms with E-state index in [0.717, 1.165) is 26.9 Å². The van der Waals surface area contributed by atoms with Crippen LogP contribution in [0.4, 0.5) is 0 Å². The quantitative estimate of drug-likeness (QED) is 0.527. The maximum Gasteiger partial charge on any atom is 0.142 e. The Bertz CT molecular complexity index is 1050. The average Bonchev–Trinajstić information content (AvgIpc) is 3.19. The van der Waals surface area contributed by atoms with Gasteiger partial charge in [0.15, 0.2) is 0 Å². The first kappa shape index (κ1) is 14.8. The lowest BCUT2D eigenvalue weighted by atomic mass is 10.2. The van der Waals surface area contributed by atoms with Gasteiger partial charge in [-0.15, -0.1) is 5.10 Å². The zero-order chi connectivity index (χ0) is 16.8. The molecule has 7 heteroatoms. The van der Waals surface area contributed by atoms with E-state index in [1.165, 1.54) is 18.4 Å². The summed E-state index contributed by atoms with van der Waals surface area (Å²) in [6.45, 7) is 0.649. The summed E-state index contributed by atoms with van der Waals surface area (Å²) < 4.78 is 5.23. The van der Waals surface area contributed by atoms with Crippen molar-refractivity contribution in [1.82, 2.24) is 29.5 Å². The van der Waals surface area contributed by atoms with Gasteiger partial charge in [0.1, 0.15) is 5.82 Å². The summed E-state index contributed by atoms with van der Waals surface area (Å²) in [6.07, 6.45) is 9.70. The topological polar surface area (TPSA) is 61.4 Å². The summed E-state index contributed by atoms with van der Waals surface area (Å²) in [5, 5.41) is 7.88. The van der Waals surface area contributed by atoms with E-state index in [-0.39, 0.29) is 0 Å². The first-order valence-electron chi connectivity index (χ1n) is 8.24. The molecule has 1 aliphatic rings. The Kier molecular flexibility index (Phi) is 3.41. The second-order valence-corrected chi connectivity index (χ2v) is 7.27. The normalized spacial score (nSPS) is 14.3. The molecule has 4 aromatic rings. The summed E-state index contributed by atoms with van der Waals surface area (Å²) in [7, 11) is 0. The third-order valence-electron chi connectivity index (χ3n) is 4.43. The number of halogens is 1. The number of nitrogens with zero attached hydrogens (tertiary/aromatic N) is 6. The molecule has 3 heterocycles. The van der Waals surface area contributed by atoms with E-state index >= 15 is 0 Å². The van der Waals surface area contributed by atoms with Gasteiger partial charge in [-0.05, 0) is 42.7 Å². The number of aromatic nitrogens is 6. The fraction of sp³-hybridized carbons (Fsp3) is 0.222. The van der Waals surface area contributed by atoms with Crippen molar-refractivity contribution in [2.24, 2.45) is 0 Å². The van der Waals surface area contributed by atoms with Crippen LogP contribution in [0.25, 0.3) is 22.4 Å². The van der Waals surface area contributed by atoms with E-state index in [1.807, 2.05) is 24.7 Å². The van der Waals surface area contributed by atoms with Crippen molar-refractivity contribution >= 4 is 27.0 Å². The van der Waals surface area contributed by atoms with Gasteiger partial charge in [0.25, 0.3) is 0 Å². The summed E-state index contributed by atoms with van der Waals surface area (Å²) in [6, 6.07) is 8.93. The molecule has 25 heavy (non-hydrogen) atoms. The minimum absolute atomic E-state index is 0.535. The average molecular weight is 395 g/mol. The van der Waals surface area contributed by atoms with E-state index in [0.29, 0.717) is 12.6 Å². The molecule has 6 nitrogen and oxygen atoms in total. The van der Waals surface area contributed by atoms with Crippen LogP contribution in [0.1, 0.15) is 24.4 Å². The molecule has 1 saturated carbocycles. The second kappa shape index (κ2) is 5.77. The number of hydrogen-bond acceptors (Lipinski definition) is 4.